The number of alkyl halides is 3. The molecule has 160 valence electrons. The van der Waals surface area contributed by atoms with Crippen LogP contribution in [-0.2, 0) is 12.7 Å². The average Bonchev–Trinajstić information content (AvgIpc) is 2.97. The van der Waals surface area contributed by atoms with Gasteiger partial charge in [-0.15, -0.1) is 20.4 Å². The third kappa shape index (κ3) is 4.22. The van der Waals surface area contributed by atoms with Gasteiger partial charge in [-0.25, -0.2) is 4.79 Å². The molecule has 0 atom stereocenters. The minimum Gasteiger partial charge on any atom is -0.493 e. The molecule has 2 heterocycles. The Balaban J connectivity index is 2.70. The van der Waals surface area contributed by atoms with Crippen LogP contribution >= 0.6 is 0 Å². The summed E-state index contributed by atoms with van der Waals surface area (Å²) in [5.41, 5.74) is -2.22. The van der Waals surface area contributed by atoms with Gasteiger partial charge in [0.05, 0.1) is 0 Å². The summed E-state index contributed by atoms with van der Waals surface area (Å²) in [7, 11) is 0. The molecule has 29 heavy (non-hydrogen) atoms. The van der Waals surface area contributed by atoms with Gasteiger partial charge >= 0.3 is 11.9 Å². The number of aromatic hydroxyl groups is 1. The minimum absolute atomic E-state index is 0.0795. The zero-order valence-corrected chi connectivity index (χ0v) is 16.6. The van der Waals surface area contributed by atoms with Crippen LogP contribution in [0.2, 0.25) is 0 Å². The Bertz CT molecular complexity index is 1030. The summed E-state index contributed by atoms with van der Waals surface area (Å²) < 4.78 is 41.8. The van der Waals surface area contributed by atoms with E-state index in [0.717, 1.165) is 13.7 Å². The first-order chi connectivity index (χ1) is 13.4. The molecule has 0 saturated carbocycles. The zero-order valence-electron chi connectivity index (χ0n) is 16.6. The molecule has 0 unspecified atom stereocenters. The normalized spacial score (nSPS) is 12.6. The predicted octanol–water partition coefficient (Wildman–Crippen LogP) is 3.31. The fraction of sp³-hybridized carbons (Fsp3) is 0.625. The molecule has 0 amide bonds. The van der Waals surface area contributed by atoms with E-state index in [4.69, 9.17) is 0 Å². The van der Waals surface area contributed by atoms with Gasteiger partial charge in [-0.3, -0.25) is 18.5 Å². The SMILES string of the molecule is CCCn1c(N=Nc2c(O)n(C(C)C)c(=O)n(C(C)C)c2=O)nnc1C(F)(F)F. The lowest BCUT2D eigenvalue weighted by Gasteiger charge is -2.17. The first-order valence-electron chi connectivity index (χ1n) is 8.93. The predicted molar refractivity (Wildman–Crippen MR) is 96.9 cm³/mol. The van der Waals surface area contributed by atoms with Gasteiger partial charge in [-0.2, -0.15) is 13.2 Å². The second-order valence-corrected chi connectivity index (χ2v) is 6.86. The van der Waals surface area contributed by atoms with Crippen LogP contribution in [0.15, 0.2) is 19.8 Å². The van der Waals surface area contributed by atoms with Crippen LogP contribution in [0.4, 0.5) is 24.8 Å². The van der Waals surface area contributed by atoms with E-state index < -0.39 is 52.8 Å². The number of hydrogen-bond donors (Lipinski definition) is 1. The van der Waals surface area contributed by atoms with Crippen molar-refractivity contribution in [2.45, 2.75) is 65.8 Å². The van der Waals surface area contributed by atoms with Gasteiger partial charge in [0.25, 0.3) is 11.5 Å². The number of azo groups is 1. The molecule has 0 aromatic carbocycles. The molecule has 2 aromatic rings. The molecule has 0 fully saturated rings. The van der Waals surface area contributed by atoms with Gasteiger partial charge in [0.15, 0.2) is 0 Å². The second-order valence-electron chi connectivity index (χ2n) is 6.86. The van der Waals surface area contributed by atoms with Crippen molar-refractivity contribution in [3.8, 4) is 5.88 Å². The van der Waals surface area contributed by atoms with Gasteiger partial charge < -0.3 is 5.11 Å². The molecule has 0 radical (unpaired) electrons. The maximum absolute atomic E-state index is 13.1. The molecule has 1 N–H and O–H groups in total. The second kappa shape index (κ2) is 8.17. The molecule has 13 heteroatoms. The van der Waals surface area contributed by atoms with Crippen LogP contribution < -0.4 is 11.2 Å². The van der Waals surface area contributed by atoms with E-state index in [1.54, 1.807) is 34.6 Å². The largest absolute Gasteiger partial charge is 0.493 e. The quantitative estimate of drug-likeness (QED) is 0.723. The first kappa shape index (κ1) is 22.3. The lowest BCUT2D eigenvalue weighted by Crippen LogP contribution is -2.41. The van der Waals surface area contributed by atoms with Gasteiger partial charge in [-0.05, 0) is 34.1 Å². The lowest BCUT2D eigenvalue weighted by molar-refractivity contribution is -0.147. The van der Waals surface area contributed by atoms with Crippen LogP contribution in [0.1, 0.15) is 58.9 Å². The standard InChI is InChI=1S/C16H22F3N7O3/c1-6-7-24-13(16(17,18)19)21-23-14(24)22-20-10-11(27)25(8(2)3)15(29)26(9(4)5)12(10)28/h8-9,27H,6-7H2,1-5H3. The molecule has 0 saturated heterocycles. The Morgan fingerprint density at radius 3 is 2.10 bits per heavy atom. The fourth-order valence-corrected chi connectivity index (χ4v) is 2.73. The van der Waals surface area contributed by atoms with E-state index in [9.17, 15) is 27.9 Å². The van der Waals surface area contributed by atoms with Crippen LogP contribution in [0, 0.1) is 0 Å². The van der Waals surface area contributed by atoms with Crippen molar-refractivity contribution in [2.24, 2.45) is 10.2 Å². The third-order valence-corrected chi connectivity index (χ3v) is 3.98. The van der Waals surface area contributed by atoms with Crippen molar-refractivity contribution in [2.75, 3.05) is 0 Å². The molecule has 0 aliphatic rings. The molecule has 2 aromatic heterocycles. The summed E-state index contributed by atoms with van der Waals surface area (Å²) in [4.78, 5) is 25.2. The Morgan fingerprint density at radius 1 is 1.03 bits per heavy atom. The van der Waals surface area contributed by atoms with Crippen LogP contribution in [-0.4, -0.2) is 29.0 Å². The fourth-order valence-electron chi connectivity index (χ4n) is 2.73. The molecular weight excluding hydrogens is 395 g/mol. The Morgan fingerprint density at radius 2 is 1.62 bits per heavy atom. The summed E-state index contributed by atoms with van der Waals surface area (Å²) in [5, 5.41) is 24.1. The summed E-state index contributed by atoms with van der Waals surface area (Å²) in [6.45, 7) is 8.00. The molecule has 0 aliphatic heterocycles. The molecule has 2 rings (SSSR count). The van der Waals surface area contributed by atoms with Gasteiger partial charge in [0, 0.05) is 18.6 Å². The number of aromatic nitrogens is 5. The van der Waals surface area contributed by atoms with Gasteiger partial charge in [0.2, 0.25) is 17.4 Å². The summed E-state index contributed by atoms with van der Waals surface area (Å²) in [6, 6.07) is -1.06. The number of rotatable bonds is 6. The zero-order chi connectivity index (χ0) is 22.1. The number of halogens is 3. The van der Waals surface area contributed by atoms with Gasteiger partial charge in [-0.1, -0.05) is 6.92 Å². The molecule has 10 nitrogen and oxygen atoms in total. The van der Waals surface area contributed by atoms with E-state index in [-0.39, 0.29) is 6.54 Å². The van der Waals surface area contributed by atoms with E-state index in [2.05, 4.69) is 20.4 Å². The molecule has 0 spiro atoms. The van der Waals surface area contributed by atoms with E-state index in [1.165, 1.54) is 0 Å². The number of hydrogen-bond acceptors (Lipinski definition) is 7. The maximum atomic E-state index is 13.1. The molecule has 0 aliphatic carbocycles. The Hall–Kier alpha value is -2.99. The van der Waals surface area contributed by atoms with E-state index in [0.29, 0.717) is 6.42 Å². The smallest absolute Gasteiger partial charge is 0.451 e. The summed E-state index contributed by atoms with van der Waals surface area (Å²) >= 11 is 0. The molecular formula is C16H22F3N7O3. The van der Waals surface area contributed by atoms with Gasteiger partial charge in [0.1, 0.15) is 0 Å². The topological polar surface area (TPSA) is 120 Å². The molecule has 0 bridgehead atoms. The highest BCUT2D eigenvalue weighted by atomic mass is 19.4. The van der Waals surface area contributed by atoms with E-state index in [1.807, 2.05) is 0 Å². The van der Waals surface area contributed by atoms with Crippen molar-refractivity contribution >= 4 is 11.6 Å². The highest BCUT2D eigenvalue weighted by Crippen LogP contribution is 2.31. The monoisotopic (exact) mass is 417 g/mol. The first-order valence-corrected chi connectivity index (χ1v) is 8.93. The van der Waals surface area contributed by atoms with Crippen LogP contribution in [0.5, 0.6) is 5.88 Å². The highest BCUT2D eigenvalue weighted by molar-refractivity contribution is 5.44. The average molecular weight is 417 g/mol. The van der Waals surface area contributed by atoms with Crippen molar-refractivity contribution in [1.82, 2.24) is 23.9 Å². The van der Waals surface area contributed by atoms with Crippen LogP contribution in [0.25, 0.3) is 0 Å². The van der Waals surface area contributed by atoms with Crippen molar-refractivity contribution in [3.63, 3.8) is 0 Å². The Kier molecular flexibility index (Phi) is 6.28. The lowest BCUT2D eigenvalue weighted by atomic mass is 10.3. The highest BCUT2D eigenvalue weighted by Gasteiger charge is 2.38. The van der Waals surface area contributed by atoms with Crippen molar-refractivity contribution in [3.05, 3.63) is 26.7 Å². The van der Waals surface area contributed by atoms with Crippen LogP contribution in [0.3, 0.4) is 0 Å². The van der Waals surface area contributed by atoms with E-state index >= 15 is 0 Å². The minimum atomic E-state index is -4.74. The Labute approximate surface area is 163 Å². The summed E-state index contributed by atoms with van der Waals surface area (Å²) in [6.07, 6.45) is -4.40. The summed E-state index contributed by atoms with van der Waals surface area (Å²) in [5.74, 6) is -2.45. The maximum Gasteiger partial charge on any atom is 0.451 e. The number of nitrogens with zero attached hydrogens (tertiary/aromatic N) is 7. The van der Waals surface area contributed by atoms with Crippen molar-refractivity contribution in [1.29, 1.82) is 0 Å². The third-order valence-electron chi connectivity index (χ3n) is 3.98. The van der Waals surface area contributed by atoms with Crippen molar-refractivity contribution < 1.29 is 18.3 Å².